The Bertz CT molecular complexity index is 680. The van der Waals surface area contributed by atoms with Crippen LogP contribution in [0.3, 0.4) is 0 Å². The molecule has 2 aromatic rings. The quantitative estimate of drug-likeness (QED) is 0.915. The minimum Gasteiger partial charge on any atom is -0.496 e. The van der Waals surface area contributed by atoms with Crippen LogP contribution < -0.4 is 14.2 Å². The van der Waals surface area contributed by atoms with E-state index < -0.39 is 5.97 Å². The van der Waals surface area contributed by atoms with Crippen molar-refractivity contribution in [2.75, 3.05) is 21.3 Å². The highest BCUT2D eigenvalue weighted by atomic mass is 32.1. The van der Waals surface area contributed by atoms with Crippen LogP contribution in [0.4, 0.5) is 0 Å². The summed E-state index contributed by atoms with van der Waals surface area (Å²) in [7, 11) is 4.60. The molecule has 0 unspecified atom stereocenters. The van der Waals surface area contributed by atoms with E-state index in [0.29, 0.717) is 32.7 Å². The van der Waals surface area contributed by atoms with Gasteiger partial charge in [0.05, 0.1) is 26.9 Å². The Morgan fingerprint density at radius 2 is 1.67 bits per heavy atom. The summed E-state index contributed by atoms with van der Waals surface area (Å²) in [6.45, 7) is 1.72. The zero-order valence-electron chi connectivity index (χ0n) is 12.1. The molecule has 0 fully saturated rings. The minimum atomic E-state index is -1.05. The molecular formula is C14H15NO5S. The van der Waals surface area contributed by atoms with E-state index in [-0.39, 0.29) is 5.69 Å². The van der Waals surface area contributed by atoms with Gasteiger partial charge in [0.15, 0.2) is 17.2 Å². The molecule has 21 heavy (non-hydrogen) atoms. The molecule has 1 N–H and O–H groups in total. The summed E-state index contributed by atoms with van der Waals surface area (Å²) in [4.78, 5) is 15.9. The number of nitrogens with zero attached hydrogens (tertiary/aromatic N) is 1. The van der Waals surface area contributed by atoms with E-state index >= 15 is 0 Å². The van der Waals surface area contributed by atoms with Gasteiger partial charge >= 0.3 is 5.97 Å². The highest BCUT2D eigenvalue weighted by Gasteiger charge is 2.20. The molecule has 112 valence electrons. The standard InChI is InChI=1S/C14H15NO5S/c1-7-12(14(16)17)15-13(21-7)8-5-10(19-3)11(20-4)6-9(8)18-2/h5-6H,1-4H3,(H,16,17). The molecule has 6 nitrogen and oxygen atoms in total. The number of carboxylic acid groups (broad SMARTS) is 1. The van der Waals surface area contributed by atoms with E-state index in [0.717, 1.165) is 0 Å². The van der Waals surface area contributed by atoms with Crippen LogP contribution in [0.5, 0.6) is 17.2 Å². The van der Waals surface area contributed by atoms with Crippen LogP contribution in [0, 0.1) is 6.92 Å². The number of hydrogen-bond donors (Lipinski definition) is 1. The SMILES string of the molecule is COc1cc(OC)c(-c2nc(C(=O)O)c(C)s2)cc1OC. The first-order chi connectivity index (χ1) is 10.0. The molecule has 0 aliphatic rings. The lowest BCUT2D eigenvalue weighted by atomic mass is 10.2. The van der Waals surface area contributed by atoms with Crippen molar-refractivity contribution in [1.29, 1.82) is 0 Å². The van der Waals surface area contributed by atoms with Crippen LogP contribution >= 0.6 is 11.3 Å². The van der Waals surface area contributed by atoms with Gasteiger partial charge in [0.1, 0.15) is 10.8 Å². The second-order valence-corrected chi connectivity index (χ2v) is 5.34. The zero-order valence-corrected chi connectivity index (χ0v) is 12.9. The fourth-order valence-corrected chi connectivity index (χ4v) is 2.83. The maximum absolute atomic E-state index is 11.1. The summed E-state index contributed by atoms with van der Waals surface area (Å²) in [6.07, 6.45) is 0. The lowest BCUT2D eigenvalue weighted by molar-refractivity contribution is 0.0690. The molecular weight excluding hydrogens is 294 g/mol. The molecule has 1 aromatic carbocycles. The number of carboxylic acids is 1. The van der Waals surface area contributed by atoms with Crippen molar-refractivity contribution >= 4 is 17.3 Å². The van der Waals surface area contributed by atoms with Gasteiger partial charge in [-0.05, 0) is 13.0 Å². The molecule has 0 bridgehead atoms. The van der Waals surface area contributed by atoms with Gasteiger partial charge in [-0.1, -0.05) is 0 Å². The number of carbonyl (C=O) groups is 1. The number of thiazole rings is 1. The third kappa shape index (κ3) is 2.78. The molecule has 2 rings (SSSR count). The molecule has 1 heterocycles. The van der Waals surface area contributed by atoms with Crippen molar-refractivity contribution in [3.05, 3.63) is 22.7 Å². The molecule has 0 spiro atoms. The highest BCUT2D eigenvalue weighted by molar-refractivity contribution is 7.15. The molecule has 0 amide bonds. The van der Waals surface area contributed by atoms with Gasteiger partial charge in [-0.25, -0.2) is 9.78 Å². The van der Waals surface area contributed by atoms with Crippen molar-refractivity contribution in [1.82, 2.24) is 4.98 Å². The number of hydrogen-bond acceptors (Lipinski definition) is 6. The lowest BCUT2D eigenvalue weighted by Gasteiger charge is -2.12. The molecule has 0 atom stereocenters. The first kappa shape index (κ1) is 15.1. The van der Waals surface area contributed by atoms with Crippen molar-refractivity contribution in [2.24, 2.45) is 0 Å². The van der Waals surface area contributed by atoms with Crippen LogP contribution in [-0.4, -0.2) is 37.4 Å². The molecule has 1 aromatic heterocycles. The summed E-state index contributed by atoms with van der Waals surface area (Å²) in [5, 5.41) is 9.66. The van der Waals surface area contributed by atoms with Crippen LogP contribution in [0.2, 0.25) is 0 Å². The summed E-state index contributed by atoms with van der Waals surface area (Å²) >= 11 is 1.29. The Balaban J connectivity index is 2.62. The van der Waals surface area contributed by atoms with E-state index in [1.807, 2.05) is 0 Å². The average molecular weight is 309 g/mol. The maximum atomic E-state index is 11.1. The first-order valence-electron chi connectivity index (χ1n) is 6.03. The second-order valence-electron chi connectivity index (χ2n) is 4.14. The fourth-order valence-electron chi connectivity index (χ4n) is 1.91. The second kappa shape index (κ2) is 6.01. The number of aromatic nitrogens is 1. The Morgan fingerprint density at radius 3 is 2.14 bits per heavy atom. The largest absolute Gasteiger partial charge is 0.496 e. The predicted octanol–water partition coefficient (Wildman–Crippen LogP) is 2.84. The molecule has 0 saturated carbocycles. The van der Waals surface area contributed by atoms with E-state index in [9.17, 15) is 4.79 Å². The molecule has 0 aliphatic heterocycles. The highest BCUT2D eigenvalue weighted by Crippen LogP contribution is 2.41. The van der Waals surface area contributed by atoms with Crippen LogP contribution in [0.25, 0.3) is 10.6 Å². The Morgan fingerprint density at radius 1 is 1.10 bits per heavy atom. The average Bonchev–Trinajstić information content (AvgIpc) is 2.87. The van der Waals surface area contributed by atoms with Crippen molar-refractivity contribution < 1.29 is 24.1 Å². The third-order valence-corrected chi connectivity index (χ3v) is 3.94. The molecule has 0 radical (unpaired) electrons. The van der Waals surface area contributed by atoms with Gasteiger partial charge in [-0.2, -0.15) is 0 Å². The van der Waals surface area contributed by atoms with Gasteiger partial charge in [-0.15, -0.1) is 11.3 Å². The van der Waals surface area contributed by atoms with Crippen LogP contribution in [-0.2, 0) is 0 Å². The summed E-state index contributed by atoms with van der Waals surface area (Å²) in [5.74, 6) is 0.552. The minimum absolute atomic E-state index is 0.0480. The first-order valence-corrected chi connectivity index (χ1v) is 6.84. The van der Waals surface area contributed by atoms with Crippen molar-refractivity contribution in [2.45, 2.75) is 6.92 Å². The number of aromatic carboxylic acids is 1. The monoisotopic (exact) mass is 309 g/mol. The lowest BCUT2D eigenvalue weighted by Crippen LogP contribution is -1.99. The van der Waals surface area contributed by atoms with E-state index in [4.69, 9.17) is 19.3 Å². The predicted molar refractivity (Wildman–Crippen MR) is 78.9 cm³/mol. The van der Waals surface area contributed by atoms with Gasteiger partial charge < -0.3 is 19.3 Å². The number of benzene rings is 1. The summed E-state index contributed by atoms with van der Waals surface area (Å²) < 4.78 is 15.8. The maximum Gasteiger partial charge on any atom is 0.355 e. The van der Waals surface area contributed by atoms with Gasteiger partial charge in [0.2, 0.25) is 0 Å². The van der Waals surface area contributed by atoms with E-state index in [1.54, 1.807) is 19.1 Å². The summed E-state index contributed by atoms with van der Waals surface area (Å²) in [6, 6.07) is 3.41. The van der Waals surface area contributed by atoms with Crippen molar-refractivity contribution in [3.8, 4) is 27.8 Å². The van der Waals surface area contributed by atoms with Gasteiger partial charge in [-0.3, -0.25) is 0 Å². The van der Waals surface area contributed by atoms with E-state index in [2.05, 4.69) is 4.98 Å². The normalized spacial score (nSPS) is 10.3. The number of rotatable bonds is 5. The topological polar surface area (TPSA) is 77.9 Å². The molecule has 0 saturated heterocycles. The Kier molecular flexibility index (Phi) is 4.32. The van der Waals surface area contributed by atoms with Crippen LogP contribution in [0.1, 0.15) is 15.4 Å². The van der Waals surface area contributed by atoms with E-state index in [1.165, 1.54) is 32.7 Å². The van der Waals surface area contributed by atoms with Crippen LogP contribution in [0.15, 0.2) is 12.1 Å². The smallest absolute Gasteiger partial charge is 0.355 e. The summed E-state index contributed by atoms with van der Waals surface area (Å²) in [5.41, 5.74) is 0.711. The number of methoxy groups -OCH3 is 3. The molecule has 0 aliphatic carbocycles. The molecule has 7 heteroatoms. The van der Waals surface area contributed by atoms with Gasteiger partial charge in [0.25, 0.3) is 0 Å². The number of aryl methyl sites for hydroxylation is 1. The van der Waals surface area contributed by atoms with Crippen molar-refractivity contribution in [3.63, 3.8) is 0 Å². The Labute approximate surface area is 125 Å². The fraction of sp³-hybridized carbons (Fsp3) is 0.286. The third-order valence-electron chi connectivity index (χ3n) is 2.94. The number of ether oxygens (including phenoxy) is 3. The Hall–Kier alpha value is -2.28. The zero-order chi connectivity index (χ0) is 15.6. The van der Waals surface area contributed by atoms with Gasteiger partial charge in [0, 0.05) is 10.9 Å².